The van der Waals surface area contributed by atoms with Gasteiger partial charge in [-0.2, -0.15) is 0 Å². The summed E-state index contributed by atoms with van der Waals surface area (Å²) < 4.78 is 0. The van der Waals surface area contributed by atoms with Crippen LogP contribution in [0.15, 0.2) is 72.3 Å². The predicted molar refractivity (Wildman–Crippen MR) is 83.2 cm³/mol. The summed E-state index contributed by atoms with van der Waals surface area (Å²) in [5.74, 6) is 0.655. The Morgan fingerprint density at radius 1 is 0.900 bits per heavy atom. The number of nitrogens with zero attached hydrogens (tertiary/aromatic N) is 1. The van der Waals surface area contributed by atoms with Gasteiger partial charge in [-0.05, 0) is 16.5 Å². The quantitative estimate of drug-likeness (QED) is 0.852. The molecule has 0 saturated carbocycles. The lowest BCUT2D eigenvalue weighted by Crippen LogP contribution is -2.33. The van der Waals surface area contributed by atoms with Gasteiger partial charge in [-0.25, -0.2) is 0 Å². The van der Waals surface area contributed by atoms with Crippen LogP contribution in [0.3, 0.4) is 0 Å². The second-order valence-electron chi connectivity index (χ2n) is 4.62. The monoisotopic (exact) mass is 281 g/mol. The highest BCUT2D eigenvalue weighted by Crippen LogP contribution is 2.31. The molecule has 0 saturated heterocycles. The number of carbonyl (C=O) groups is 1. The maximum Gasteiger partial charge on any atom is 0.237 e. The number of hydrogen-bond donors (Lipinski definition) is 0. The zero-order chi connectivity index (χ0) is 13.8. The third-order valence-electron chi connectivity index (χ3n) is 3.32. The highest BCUT2D eigenvalue weighted by Gasteiger charge is 2.26. The molecule has 0 bridgehead atoms. The van der Waals surface area contributed by atoms with Crippen molar-refractivity contribution in [2.75, 3.05) is 5.75 Å². The van der Waals surface area contributed by atoms with Gasteiger partial charge < -0.3 is 4.90 Å². The van der Waals surface area contributed by atoms with Crippen LogP contribution in [0.1, 0.15) is 17.2 Å². The number of carbonyl (C=O) groups excluding carboxylic acids is 1. The molecular weight excluding hydrogens is 266 g/mol. The van der Waals surface area contributed by atoms with Crippen LogP contribution in [0.25, 0.3) is 0 Å². The summed E-state index contributed by atoms with van der Waals surface area (Å²) in [6, 6.07) is 20.3. The van der Waals surface area contributed by atoms with Gasteiger partial charge in [-0.1, -0.05) is 60.7 Å². The molecule has 0 aromatic heterocycles. The first-order valence-electron chi connectivity index (χ1n) is 6.55. The van der Waals surface area contributed by atoms with Gasteiger partial charge in [0.05, 0.1) is 11.8 Å². The van der Waals surface area contributed by atoms with Gasteiger partial charge in [-0.15, -0.1) is 11.8 Å². The summed E-state index contributed by atoms with van der Waals surface area (Å²) in [4.78, 5) is 14.1. The lowest BCUT2D eigenvalue weighted by molar-refractivity contribution is -0.127. The van der Waals surface area contributed by atoms with Gasteiger partial charge >= 0.3 is 0 Å². The Morgan fingerprint density at radius 3 is 1.95 bits per heavy atom. The lowest BCUT2D eigenvalue weighted by atomic mass is 9.97. The van der Waals surface area contributed by atoms with E-state index in [1.165, 1.54) is 0 Å². The SMILES string of the molecule is O=C1CSC=CN1C(c1ccccc1)c1ccccc1. The van der Waals surface area contributed by atoms with Crippen molar-refractivity contribution >= 4 is 17.7 Å². The van der Waals surface area contributed by atoms with Crippen molar-refractivity contribution in [3.05, 3.63) is 83.4 Å². The Balaban J connectivity index is 2.06. The minimum Gasteiger partial charge on any atom is -0.306 e. The Hall–Kier alpha value is -2.00. The van der Waals surface area contributed by atoms with Gasteiger partial charge in [0.2, 0.25) is 5.91 Å². The van der Waals surface area contributed by atoms with Crippen LogP contribution in [-0.4, -0.2) is 16.6 Å². The van der Waals surface area contributed by atoms with Crippen LogP contribution in [0.4, 0.5) is 0 Å². The van der Waals surface area contributed by atoms with E-state index in [0.29, 0.717) is 5.75 Å². The first-order valence-corrected chi connectivity index (χ1v) is 7.60. The van der Waals surface area contributed by atoms with Crippen LogP contribution < -0.4 is 0 Å². The molecule has 2 nitrogen and oxygen atoms in total. The van der Waals surface area contributed by atoms with E-state index in [1.807, 2.05) is 52.9 Å². The fraction of sp³-hybridized carbons (Fsp3) is 0.118. The molecule has 3 heteroatoms. The van der Waals surface area contributed by atoms with E-state index in [-0.39, 0.29) is 11.9 Å². The average molecular weight is 281 g/mol. The molecule has 2 aromatic carbocycles. The van der Waals surface area contributed by atoms with Crippen LogP contribution in [-0.2, 0) is 4.79 Å². The number of benzene rings is 2. The molecule has 1 aliphatic rings. The normalized spacial score (nSPS) is 14.8. The van der Waals surface area contributed by atoms with E-state index in [2.05, 4.69) is 24.3 Å². The molecule has 1 aliphatic heterocycles. The zero-order valence-electron chi connectivity index (χ0n) is 11.0. The van der Waals surface area contributed by atoms with Crippen molar-refractivity contribution in [2.45, 2.75) is 6.04 Å². The molecule has 1 amide bonds. The molecule has 3 rings (SSSR count). The Kier molecular flexibility index (Phi) is 3.88. The van der Waals surface area contributed by atoms with Crippen LogP contribution in [0.5, 0.6) is 0 Å². The molecule has 0 N–H and O–H groups in total. The van der Waals surface area contributed by atoms with Crippen molar-refractivity contribution < 1.29 is 4.79 Å². The maximum atomic E-state index is 12.2. The van der Waals surface area contributed by atoms with Crippen molar-refractivity contribution in [1.82, 2.24) is 4.90 Å². The van der Waals surface area contributed by atoms with E-state index in [1.54, 1.807) is 11.8 Å². The Labute approximate surface area is 123 Å². The number of thioether (sulfide) groups is 1. The molecule has 0 radical (unpaired) electrons. The molecule has 0 fully saturated rings. The summed E-state index contributed by atoms with van der Waals surface area (Å²) in [6.07, 6.45) is 1.89. The fourth-order valence-corrected chi connectivity index (χ4v) is 3.01. The predicted octanol–water partition coefficient (Wildman–Crippen LogP) is 3.82. The van der Waals surface area contributed by atoms with Gasteiger partial charge in [0.25, 0.3) is 0 Å². The molecule has 0 aliphatic carbocycles. The molecule has 0 spiro atoms. The Bertz CT molecular complexity index is 570. The van der Waals surface area contributed by atoms with Crippen LogP contribution >= 0.6 is 11.8 Å². The first kappa shape index (κ1) is 13.0. The van der Waals surface area contributed by atoms with Crippen molar-refractivity contribution in [3.63, 3.8) is 0 Å². The minimum absolute atomic E-state index is 0.0537. The number of rotatable bonds is 3. The van der Waals surface area contributed by atoms with E-state index in [9.17, 15) is 4.79 Å². The Morgan fingerprint density at radius 2 is 1.45 bits per heavy atom. The van der Waals surface area contributed by atoms with Crippen molar-refractivity contribution in [3.8, 4) is 0 Å². The molecule has 1 heterocycles. The number of hydrogen-bond acceptors (Lipinski definition) is 2. The molecule has 100 valence electrons. The topological polar surface area (TPSA) is 20.3 Å². The highest BCUT2D eigenvalue weighted by molar-refractivity contribution is 8.02. The van der Waals surface area contributed by atoms with Crippen LogP contribution in [0.2, 0.25) is 0 Å². The molecule has 2 aromatic rings. The molecule has 20 heavy (non-hydrogen) atoms. The summed E-state index contributed by atoms with van der Waals surface area (Å²) in [5, 5.41) is 1.99. The molecule has 0 atom stereocenters. The summed E-state index contributed by atoms with van der Waals surface area (Å²) >= 11 is 1.54. The summed E-state index contributed by atoms with van der Waals surface area (Å²) in [5.41, 5.74) is 2.26. The minimum atomic E-state index is -0.0537. The van der Waals surface area contributed by atoms with Crippen LogP contribution in [0, 0.1) is 0 Å². The largest absolute Gasteiger partial charge is 0.306 e. The summed E-state index contributed by atoms with van der Waals surface area (Å²) in [7, 11) is 0. The average Bonchev–Trinajstić information content (AvgIpc) is 2.52. The first-order chi connectivity index (χ1) is 9.86. The lowest BCUT2D eigenvalue weighted by Gasteiger charge is -2.31. The second kappa shape index (κ2) is 5.97. The molecule has 0 unspecified atom stereocenters. The van der Waals surface area contributed by atoms with Gasteiger partial charge in [0.15, 0.2) is 0 Å². The van der Waals surface area contributed by atoms with E-state index >= 15 is 0 Å². The standard InChI is InChI=1S/C17H15NOS/c19-16-13-20-12-11-18(16)17(14-7-3-1-4-8-14)15-9-5-2-6-10-15/h1-12,17H,13H2. The summed E-state index contributed by atoms with van der Waals surface area (Å²) in [6.45, 7) is 0. The van der Waals surface area contributed by atoms with Crippen molar-refractivity contribution in [1.29, 1.82) is 0 Å². The van der Waals surface area contributed by atoms with E-state index < -0.39 is 0 Å². The third-order valence-corrected chi connectivity index (χ3v) is 4.05. The van der Waals surface area contributed by atoms with Gasteiger partial charge in [0, 0.05) is 6.20 Å². The highest BCUT2D eigenvalue weighted by atomic mass is 32.2. The smallest absolute Gasteiger partial charge is 0.237 e. The van der Waals surface area contributed by atoms with E-state index in [4.69, 9.17) is 0 Å². The van der Waals surface area contributed by atoms with Gasteiger partial charge in [-0.3, -0.25) is 4.79 Å². The number of amides is 1. The third kappa shape index (κ3) is 2.63. The zero-order valence-corrected chi connectivity index (χ0v) is 11.8. The molecular formula is C17H15NOS. The van der Waals surface area contributed by atoms with E-state index in [0.717, 1.165) is 11.1 Å². The maximum absolute atomic E-state index is 12.2. The van der Waals surface area contributed by atoms with Gasteiger partial charge in [0.1, 0.15) is 0 Å². The van der Waals surface area contributed by atoms with Crippen molar-refractivity contribution in [2.24, 2.45) is 0 Å². The fourth-order valence-electron chi connectivity index (χ4n) is 2.40. The second-order valence-corrected chi connectivity index (χ2v) is 5.52.